The molecule has 0 bridgehead atoms. The van der Waals surface area contributed by atoms with Crippen LogP contribution in [0, 0.1) is 13.8 Å². The Morgan fingerprint density at radius 1 is 0.933 bits per heavy atom. The largest absolute Gasteiger partial charge is 0.388 e. The molecule has 156 valence electrons. The van der Waals surface area contributed by atoms with E-state index in [4.69, 9.17) is 4.98 Å². The third kappa shape index (κ3) is 5.05. The average Bonchev–Trinajstić information content (AvgIpc) is 2.72. The van der Waals surface area contributed by atoms with Crippen molar-refractivity contribution in [2.24, 2.45) is 5.10 Å². The van der Waals surface area contributed by atoms with E-state index in [2.05, 4.69) is 51.6 Å². The van der Waals surface area contributed by atoms with Gasteiger partial charge in [-0.15, -0.1) is 0 Å². The summed E-state index contributed by atoms with van der Waals surface area (Å²) in [7, 11) is 7.75. The fraction of sp³-hybridized carbons (Fsp3) is 0.261. The van der Waals surface area contributed by atoms with Crippen molar-refractivity contribution in [1.29, 1.82) is 0 Å². The molecule has 0 spiro atoms. The van der Waals surface area contributed by atoms with Gasteiger partial charge in [0.1, 0.15) is 5.82 Å². The standard InChI is InChI=1S/C23H29N7/c1-16-13-18(15-26-29(4)5)14-17(2)22(16)30(6)21-11-12-25-23(28-21)27-20-9-7-19(24-3)8-10-20/h7-15,24H,1-6H3,(H,25,27,28)/b26-15-. The van der Waals surface area contributed by atoms with Crippen molar-refractivity contribution in [1.82, 2.24) is 15.0 Å². The Balaban J connectivity index is 1.84. The van der Waals surface area contributed by atoms with E-state index in [0.717, 1.165) is 39.6 Å². The van der Waals surface area contributed by atoms with Crippen molar-refractivity contribution < 1.29 is 0 Å². The summed E-state index contributed by atoms with van der Waals surface area (Å²) in [4.78, 5) is 11.2. The number of benzene rings is 2. The smallest absolute Gasteiger partial charge is 0.229 e. The number of aromatic nitrogens is 2. The normalized spacial score (nSPS) is 10.9. The molecule has 0 saturated carbocycles. The van der Waals surface area contributed by atoms with Crippen LogP contribution in [0.5, 0.6) is 0 Å². The Labute approximate surface area is 178 Å². The van der Waals surface area contributed by atoms with Gasteiger partial charge in [-0.25, -0.2) is 4.98 Å². The molecule has 2 aromatic carbocycles. The maximum absolute atomic E-state index is 4.71. The quantitative estimate of drug-likeness (QED) is 0.446. The summed E-state index contributed by atoms with van der Waals surface area (Å²) in [5.74, 6) is 1.38. The van der Waals surface area contributed by atoms with Crippen LogP contribution in [0.1, 0.15) is 16.7 Å². The van der Waals surface area contributed by atoms with Crippen LogP contribution < -0.4 is 15.5 Å². The lowest BCUT2D eigenvalue weighted by atomic mass is 10.0. The number of hydrogen-bond donors (Lipinski definition) is 2. The number of nitrogens with one attached hydrogen (secondary N) is 2. The first-order valence-corrected chi connectivity index (χ1v) is 9.81. The summed E-state index contributed by atoms with van der Waals surface area (Å²) < 4.78 is 0. The first-order chi connectivity index (χ1) is 14.4. The van der Waals surface area contributed by atoms with Gasteiger partial charge in [0.25, 0.3) is 0 Å². The molecule has 0 unspecified atom stereocenters. The molecule has 0 aliphatic carbocycles. The third-order valence-corrected chi connectivity index (χ3v) is 4.70. The second-order valence-corrected chi connectivity index (χ2v) is 7.34. The highest BCUT2D eigenvalue weighted by molar-refractivity contribution is 5.83. The van der Waals surface area contributed by atoms with Gasteiger partial charge in [0, 0.05) is 51.4 Å². The summed E-state index contributed by atoms with van der Waals surface area (Å²) in [6.07, 6.45) is 3.64. The molecule has 0 amide bonds. The van der Waals surface area contributed by atoms with Crippen LogP contribution >= 0.6 is 0 Å². The molecule has 0 atom stereocenters. The predicted molar refractivity (Wildman–Crippen MR) is 127 cm³/mol. The maximum atomic E-state index is 4.71. The fourth-order valence-electron chi connectivity index (χ4n) is 3.34. The summed E-state index contributed by atoms with van der Waals surface area (Å²) in [6.45, 7) is 4.21. The summed E-state index contributed by atoms with van der Waals surface area (Å²) in [5, 5.41) is 12.5. The molecular formula is C23H29N7. The minimum Gasteiger partial charge on any atom is -0.388 e. The van der Waals surface area contributed by atoms with E-state index in [9.17, 15) is 0 Å². The van der Waals surface area contributed by atoms with Crippen LogP contribution in [0.3, 0.4) is 0 Å². The highest BCUT2D eigenvalue weighted by Crippen LogP contribution is 2.30. The SMILES string of the molecule is CNc1ccc(Nc2nccc(N(C)c3c(C)cc(/C=N\N(C)C)cc3C)n2)cc1. The van der Waals surface area contributed by atoms with Gasteiger partial charge in [0.15, 0.2) is 0 Å². The molecule has 0 aliphatic heterocycles. The molecule has 3 rings (SSSR count). The Morgan fingerprint density at radius 3 is 2.17 bits per heavy atom. The van der Waals surface area contributed by atoms with Crippen LogP contribution in [-0.4, -0.2) is 49.4 Å². The molecule has 7 nitrogen and oxygen atoms in total. The van der Waals surface area contributed by atoms with Crippen LogP contribution in [0.25, 0.3) is 0 Å². The molecule has 0 saturated heterocycles. The number of anilines is 5. The Kier molecular flexibility index (Phi) is 6.51. The first-order valence-electron chi connectivity index (χ1n) is 9.81. The number of aryl methyl sites for hydroxylation is 2. The minimum absolute atomic E-state index is 0.557. The van der Waals surface area contributed by atoms with E-state index in [1.807, 2.05) is 64.7 Å². The van der Waals surface area contributed by atoms with E-state index in [1.165, 1.54) is 0 Å². The minimum atomic E-state index is 0.557. The fourth-order valence-corrected chi connectivity index (χ4v) is 3.34. The van der Waals surface area contributed by atoms with Crippen LogP contribution in [0.4, 0.5) is 28.8 Å². The Bertz CT molecular complexity index is 1000. The van der Waals surface area contributed by atoms with E-state index in [0.29, 0.717) is 5.95 Å². The molecule has 30 heavy (non-hydrogen) atoms. The predicted octanol–water partition coefficient (Wildman–Crippen LogP) is 4.54. The van der Waals surface area contributed by atoms with Crippen LogP contribution in [0.2, 0.25) is 0 Å². The zero-order valence-corrected chi connectivity index (χ0v) is 18.4. The number of nitrogens with zero attached hydrogens (tertiary/aromatic N) is 5. The van der Waals surface area contributed by atoms with Crippen molar-refractivity contribution in [2.75, 3.05) is 43.7 Å². The number of hydrazone groups is 1. The van der Waals surface area contributed by atoms with Crippen molar-refractivity contribution in [3.63, 3.8) is 0 Å². The highest BCUT2D eigenvalue weighted by Gasteiger charge is 2.13. The first kappa shape index (κ1) is 21.1. The molecule has 3 aromatic rings. The van der Waals surface area contributed by atoms with Gasteiger partial charge >= 0.3 is 0 Å². The monoisotopic (exact) mass is 403 g/mol. The van der Waals surface area contributed by atoms with Gasteiger partial charge in [-0.05, 0) is 73.0 Å². The maximum Gasteiger partial charge on any atom is 0.229 e. The van der Waals surface area contributed by atoms with Crippen molar-refractivity contribution in [3.05, 3.63) is 65.4 Å². The molecule has 1 heterocycles. The molecule has 2 N–H and O–H groups in total. The van der Waals surface area contributed by atoms with Crippen molar-refractivity contribution in [3.8, 4) is 0 Å². The summed E-state index contributed by atoms with van der Waals surface area (Å²) in [6, 6.07) is 14.2. The molecule has 7 heteroatoms. The van der Waals surface area contributed by atoms with Crippen molar-refractivity contribution >= 4 is 35.0 Å². The van der Waals surface area contributed by atoms with Crippen LogP contribution in [0.15, 0.2) is 53.8 Å². The third-order valence-electron chi connectivity index (χ3n) is 4.70. The Morgan fingerprint density at radius 2 is 1.57 bits per heavy atom. The van der Waals surface area contributed by atoms with E-state index >= 15 is 0 Å². The molecule has 0 aliphatic rings. The molecule has 0 fully saturated rings. The van der Waals surface area contributed by atoms with Gasteiger partial charge in [0.2, 0.25) is 5.95 Å². The number of hydrogen-bond acceptors (Lipinski definition) is 7. The Hall–Kier alpha value is -3.61. The molecule has 1 aromatic heterocycles. The lowest BCUT2D eigenvalue weighted by molar-refractivity contribution is 0.440. The zero-order valence-electron chi connectivity index (χ0n) is 18.4. The summed E-state index contributed by atoms with van der Waals surface area (Å²) in [5.41, 5.74) is 6.51. The second kappa shape index (κ2) is 9.26. The van der Waals surface area contributed by atoms with E-state index < -0.39 is 0 Å². The summed E-state index contributed by atoms with van der Waals surface area (Å²) >= 11 is 0. The topological polar surface area (TPSA) is 68.7 Å². The van der Waals surface area contributed by atoms with Crippen molar-refractivity contribution in [2.45, 2.75) is 13.8 Å². The van der Waals surface area contributed by atoms with Gasteiger partial charge in [-0.2, -0.15) is 10.1 Å². The number of rotatable bonds is 7. The highest BCUT2D eigenvalue weighted by atomic mass is 15.4. The van der Waals surface area contributed by atoms with Gasteiger partial charge in [-0.1, -0.05) is 0 Å². The second-order valence-electron chi connectivity index (χ2n) is 7.34. The van der Waals surface area contributed by atoms with E-state index in [-0.39, 0.29) is 0 Å². The lowest BCUT2D eigenvalue weighted by Crippen LogP contribution is -2.15. The zero-order chi connectivity index (χ0) is 21.7. The van der Waals surface area contributed by atoms with Gasteiger partial charge in [0.05, 0.1) is 6.21 Å². The molecule has 0 radical (unpaired) electrons. The molecular weight excluding hydrogens is 374 g/mol. The van der Waals surface area contributed by atoms with Gasteiger partial charge < -0.3 is 20.5 Å². The van der Waals surface area contributed by atoms with Gasteiger partial charge in [-0.3, -0.25) is 0 Å². The van der Waals surface area contributed by atoms with E-state index in [1.54, 1.807) is 11.2 Å². The average molecular weight is 404 g/mol. The lowest BCUT2D eigenvalue weighted by Gasteiger charge is -2.23. The van der Waals surface area contributed by atoms with Crippen LogP contribution in [-0.2, 0) is 0 Å².